The molecule has 1 aliphatic heterocycles. The van der Waals surface area contributed by atoms with Crippen molar-refractivity contribution in [3.05, 3.63) is 45.9 Å². The molecule has 138 valence electrons. The molecule has 1 aliphatic rings. The van der Waals surface area contributed by atoms with Gasteiger partial charge in [-0.15, -0.1) is 11.3 Å². The fourth-order valence-corrected chi connectivity index (χ4v) is 4.21. The Morgan fingerprint density at radius 2 is 2.15 bits per heavy atom. The van der Waals surface area contributed by atoms with Crippen molar-refractivity contribution in [1.29, 1.82) is 0 Å². The minimum Gasteiger partial charge on any atom is -0.331 e. The van der Waals surface area contributed by atoms with Crippen molar-refractivity contribution < 1.29 is 9.59 Å². The first-order valence-corrected chi connectivity index (χ1v) is 10.1. The van der Waals surface area contributed by atoms with Crippen LogP contribution in [-0.4, -0.2) is 34.3 Å². The van der Waals surface area contributed by atoms with Gasteiger partial charge in [0.15, 0.2) is 5.13 Å². The number of thiazole rings is 1. The van der Waals surface area contributed by atoms with Crippen LogP contribution in [0.4, 0.5) is 5.13 Å². The van der Waals surface area contributed by atoms with Crippen LogP contribution >= 0.6 is 22.9 Å². The van der Waals surface area contributed by atoms with E-state index in [1.165, 1.54) is 11.3 Å². The molecule has 2 heterocycles. The molecule has 1 aromatic carbocycles. The van der Waals surface area contributed by atoms with Crippen LogP contribution in [0.25, 0.3) is 0 Å². The lowest BCUT2D eigenvalue weighted by Crippen LogP contribution is -2.49. The van der Waals surface area contributed by atoms with E-state index in [-0.39, 0.29) is 11.8 Å². The summed E-state index contributed by atoms with van der Waals surface area (Å²) in [7, 11) is 0. The molecule has 1 fully saturated rings. The maximum absolute atomic E-state index is 12.7. The molecule has 1 unspecified atom stereocenters. The number of likely N-dealkylation sites (tertiary alicyclic amines) is 1. The maximum Gasteiger partial charge on any atom is 0.248 e. The molecule has 0 spiro atoms. The van der Waals surface area contributed by atoms with Gasteiger partial charge in [-0.2, -0.15) is 0 Å². The van der Waals surface area contributed by atoms with Crippen LogP contribution in [0, 0.1) is 0 Å². The first-order chi connectivity index (χ1) is 12.6. The van der Waals surface area contributed by atoms with Crippen LogP contribution in [0.3, 0.4) is 0 Å². The largest absolute Gasteiger partial charge is 0.331 e. The number of hydrogen-bond donors (Lipinski definition) is 1. The number of carbonyl (C=O) groups is 2. The van der Waals surface area contributed by atoms with Crippen LogP contribution in [0.5, 0.6) is 0 Å². The van der Waals surface area contributed by atoms with Crippen molar-refractivity contribution in [2.24, 2.45) is 0 Å². The number of nitrogens with one attached hydrogen (secondary N) is 1. The summed E-state index contributed by atoms with van der Waals surface area (Å²) >= 11 is 7.64. The second-order valence-electron chi connectivity index (χ2n) is 6.34. The van der Waals surface area contributed by atoms with Crippen LogP contribution in [0.1, 0.15) is 43.0 Å². The lowest BCUT2D eigenvalue weighted by molar-refractivity contribution is -0.140. The summed E-state index contributed by atoms with van der Waals surface area (Å²) in [5.74, 6) is -0.117. The Hall–Kier alpha value is -1.92. The smallest absolute Gasteiger partial charge is 0.248 e. The van der Waals surface area contributed by atoms with Crippen molar-refractivity contribution in [3.63, 3.8) is 0 Å². The number of nitrogens with zero attached hydrogens (tertiary/aromatic N) is 2. The van der Waals surface area contributed by atoms with Gasteiger partial charge in [-0.1, -0.05) is 36.7 Å². The Balaban J connectivity index is 1.65. The van der Waals surface area contributed by atoms with E-state index in [4.69, 9.17) is 11.6 Å². The number of rotatable bonds is 5. The molecule has 2 aromatic rings. The van der Waals surface area contributed by atoms with Crippen molar-refractivity contribution in [3.8, 4) is 0 Å². The number of piperidine rings is 1. The zero-order valence-corrected chi connectivity index (χ0v) is 16.3. The van der Waals surface area contributed by atoms with Gasteiger partial charge in [0.05, 0.1) is 0 Å². The van der Waals surface area contributed by atoms with E-state index < -0.39 is 6.04 Å². The minimum atomic E-state index is -0.396. The Bertz CT molecular complexity index is 793. The highest BCUT2D eigenvalue weighted by atomic mass is 35.5. The molecule has 5 nitrogen and oxygen atoms in total. The molecule has 2 amide bonds. The van der Waals surface area contributed by atoms with E-state index in [1.807, 2.05) is 31.2 Å². The van der Waals surface area contributed by atoms with Crippen LogP contribution in [0.15, 0.2) is 30.5 Å². The van der Waals surface area contributed by atoms with E-state index >= 15 is 0 Å². The summed E-state index contributed by atoms with van der Waals surface area (Å²) in [6, 6.07) is 7.30. The Kier molecular flexibility index (Phi) is 6.27. The van der Waals surface area contributed by atoms with Gasteiger partial charge in [-0.05, 0) is 30.9 Å². The predicted octanol–water partition coefficient (Wildman–Crippen LogP) is 4.12. The van der Waals surface area contributed by atoms with Crippen molar-refractivity contribution >= 4 is 39.9 Å². The van der Waals surface area contributed by atoms with Gasteiger partial charge in [0, 0.05) is 35.5 Å². The fraction of sp³-hybridized carbons (Fsp3) is 0.421. The van der Waals surface area contributed by atoms with Crippen molar-refractivity contribution in [1.82, 2.24) is 9.88 Å². The van der Waals surface area contributed by atoms with Gasteiger partial charge in [-0.3, -0.25) is 9.59 Å². The molecular formula is C19H22ClN3O2S. The van der Waals surface area contributed by atoms with Crippen LogP contribution in [0.2, 0.25) is 5.02 Å². The normalized spacial score (nSPS) is 17.2. The molecule has 1 aromatic heterocycles. The third-order valence-corrected chi connectivity index (χ3v) is 5.82. The predicted molar refractivity (Wildman–Crippen MR) is 105 cm³/mol. The van der Waals surface area contributed by atoms with Crippen LogP contribution < -0.4 is 5.32 Å². The molecule has 1 atom stereocenters. The van der Waals surface area contributed by atoms with E-state index in [9.17, 15) is 9.59 Å². The molecule has 26 heavy (non-hydrogen) atoms. The average molecular weight is 392 g/mol. The van der Waals surface area contributed by atoms with E-state index in [0.717, 1.165) is 28.3 Å². The summed E-state index contributed by atoms with van der Waals surface area (Å²) in [5, 5.41) is 4.17. The molecule has 0 radical (unpaired) electrons. The molecule has 3 rings (SSSR count). The summed E-state index contributed by atoms with van der Waals surface area (Å²) in [4.78, 5) is 31.8. The number of aromatic nitrogens is 1. The number of hydrogen-bond acceptors (Lipinski definition) is 4. The van der Waals surface area contributed by atoms with E-state index in [0.29, 0.717) is 30.9 Å². The highest BCUT2D eigenvalue weighted by Crippen LogP contribution is 2.26. The van der Waals surface area contributed by atoms with Crippen molar-refractivity contribution in [2.45, 2.75) is 45.1 Å². The van der Waals surface area contributed by atoms with Gasteiger partial charge in [0.2, 0.25) is 11.8 Å². The van der Waals surface area contributed by atoms with Gasteiger partial charge in [0.1, 0.15) is 6.04 Å². The van der Waals surface area contributed by atoms with Crippen molar-refractivity contribution in [2.75, 3.05) is 11.9 Å². The molecule has 1 saturated heterocycles. The summed E-state index contributed by atoms with van der Waals surface area (Å²) < 4.78 is 0. The quantitative estimate of drug-likeness (QED) is 0.833. The second-order valence-corrected chi connectivity index (χ2v) is 7.86. The molecule has 1 N–H and O–H groups in total. The molecule has 7 heteroatoms. The fourth-order valence-electron chi connectivity index (χ4n) is 3.17. The number of amides is 2. The first kappa shape index (κ1) is 18.9. The van der Waals surface area contributed by atoms with E-state index in [1.54, 1.807) is 11.1 Å². The summed E-state index contributed by atoms with van der Waals surface area (Å²) in [6.45, 7) is 2.48. The Morgan fingerprint density at radius 3 is 2.92 bits per heavy atom. The zero-order valence-electron chi connectivity index (χ0n) is 14.7. The summed E-state index contributed by atoms with van der Waals surface area (Å²) in [5.41, 5.74) is 1.03. The van der Waals surface area contributed by atoms with Gasteiger partial charge in [-0.25, -0.2) is 4.98 Å². The standard InChI is InChI=1S/C19H22ClN3O2S/c1-2-17(24)23-10-6-5-9-16(23)18(25)22-19-21-12-14(26-19)11-13-7-3-4-8-15(13)20/h3-4,7-8,12,16H,2,5-6,9-11H2,1H3,(H,21,22,25). The monoisotopic (exact) mass is 391 g/mol. The Morgan fingerprint density at radius 1 is 1.35 bits per heavy atom. The Labute approximate surface area is 162 Å². The highest BCUT2D eigenvalue weighted by Gasteiger charge is 2.31. The maximum atomic E-state index is 12.7. The highest BCUT2D eigenvalue weighted by molar-refractivity contribution is 7.15. The molecular weight excluding hydrogens is 370 g/mol. The average Bonchev–Trinajstić information content (AvgIpc) is 3.09. The van der Waals surface area contributed by atoms with Crippen LogP contribution in [-0.2, 0) is 16.0 Å². The first-order valence-electron chi connectivity index (χ1n) is 8.87. The number of halogens is 1. The third-order valence-electron chi connectivity index (χ3n) is 4.53. The molecule has 0 saturated carbocycles. The molecule has 0 bridgehead atoms. The third kappa shape index (κ3) is 4.43. The molecule has 0 aliphatic carbocycles. The van der Waals surface area contributed by atoms with Gasteiger partial charge < -0.3 is 10.2 Å². The second kappa shape index (κ2) is 8.64. The summed E-state index contributed by atoms with van der Waals surface area (Å²) in [6.07, 6.45) is 5.48. The SMILES string of the molecule is CCC(=O)N1CCCCC1C(=O)Nc1ncc(Cc2ccccc2Cl)s1. The number of carbonyl (C=O) groups excluding carboxylic acids is 2. The van der Waals surface area contributed by atoms with E-state index in [2.05, 4.69) is 10.3 Å². The van der Waals surface area contributed by atoms with Gasteiger partial charge >= 0.3 is 0 Å². The van der Waals surface area contributed by atoms with Gasteiger partial charge in [0.25, 0.3) is 0 Å². The zero-order chi connectivity index (χ0) is 18.5. The minimum absolute atomic E-state index is 0.0309. The number of benzene rings is 1. The lowest BCUT2D eigenvalue weighted by atomic mass is 10.0. The number of anilines is 1. The lowest BCUT2D eigenvalue weighted by Gasteiger charge is -2.34. The topological polar surface area (TPSA) is 62.3 Å².